The van der Waals surface area contributed by atoms with E-state index in [1.165, 1.54) is 16.3 Å². The second-order valence-electron chi connectivity index (χ2n) is 6.82. The van der Waals surface area contributed by atoms with Gasteiger partial charge in [-0.1, -0.05) is 85.0 Å². The molecule has 1 atom stereocenters. The molecule has 0 aliphatic carbocycles. The molecule has 2 aromatic carbocycles. The van der Waals surface area contributed by atoms with Gasteiger partial charge in [-0.25, -0.2) is 0 Å². The second kappa shape index (κ2) is 7.56. The second-order valence-corrected chi connectivity index (χ2v) is 11.6. The van der Waals surface area contributed by atoms with E-state index in [1.54, 1.807) is 6.92 Å². The van der Waals surface area contributed by atoms with Gasteiger partial charge in [-0.15, -0.1) is 0 Å². The maximum atomic E-state index is 11.8. The Bertz CT molecular complexity index is 672. The van der Waals surface area contributed by atoms with E-state index in [9.17, 15) is 4.79 Å². The van der Waals surface area contributed by atoms with Gasteiger partial charge >= 0.3 is 0 Å². The zero-order chi connectivity index (χ0) is 16.9. The summed E-state index contributed by atoms with van der Waals surface area (Å²) in [5.41, 5.74) is 2.80. The Kier molecular flexibility index (Phi) is 5.73. The van der Waals surface area contributed by atoms with Crippen molar-refractivity contribution in [1.82, 2.24) is 0 Å². The third kappa shape index (κ3) is 4.52. The average Bonchev–Trinajstić information content (AvgIpc) is 2.55. The summed E-state index contributed by atoms with van der Waals surface area (Å²) in [7, 11) is -1.76. The molecule has 0 aliphatic heterocycles. The standard InChI is InChI=1S/C21H26OSi/c1-17(19-11-7-5-8-12-19)15-21(16-18(2)22)23(3,4)20-13-9-6-10-14-20/h5-15,21H,16H2,1-4H3/b17-15+/t21-/m0/s1. The van der Waals surface area contributed by atoms with Crippen molar-refractivity contribution in [3.05, 3.63) is 72.3 Å². The van der Waals surface area contributed by atoms with E-state index < -0.39 is 8.07 Å². The normalized spacial score (nSPS) is 13.7. The lowest BCUT2D eigenvalue weighted by molar-refractivity contribution is -0.116. The van der Waals surface area contributed by atoms with Gasteiger partial charge in [0.1, 0.15) is 5.78 Å². The van der Waals surface area contributed by atoms with Crippen molar-refractivity contribution in [3.63, 3.8) is 0 Å². The lowest BCUT2D eigenvalue weighted by atomic mass is 10.1. The van der Waals surface area contributed by atoms with Gasteiger partial charge in [0.25, 0.3) is 0 Å². The van der Waals surface area contributed by atoms with Crippen LogP contribution in [0, 0.1) is 0 Å². The van der Waals surface area contributed by atoms with Crippen molar-refractivity contribution in [1.29, 1.82) is 0 Å². The first-order valence-electron chi connectivity index (χ1n) is 8.20. The van der Waals surface area contributed by atoms with Crippen LogP contribution < -0.4 is 5.19 Å². The summed E-state index contributed by atoms with van der Waals surface area (Å²) in [6.07, 6.45) is 2.95. The van der Waals surface area contributed by atoms with Gasteiger partial charge in [0.05, 0.1) is 8.07 Å². The summed E-state index contributed by atoms with van der Waals surface area (Å²) in [5.74, 6) is 0.267. The molecule has 2 aromatic rings. The molecular weight excluding hydrogens is 296 g/mol. The summed E-state index contributed by atoms with van der Waals surface area (Å²) in [6.45, 7) is 8.58. The molecule has 120 valence electrons. The molecule has 0 N–H and O–H groups in total. The van der Waals surface area contributed by atoms with Crippen LogP contribution in [0.5, 0.6) is 0 Å². The van der Waals surface area contributed by atoms with E-state index in [4.69, 9.17) is 0 Å². The first-order chi connectivity index (χ1) is 10.9. The molecule has 0 aliphatic rings. The van der Waals surface area contributed by atoms with Crippen LogP contribution in [0.2, 0.25) is 18.6 Å². The molecule has 2 rings (SSSR count). The Morgan fingerprint density at radius 1 is 0.957 bits per heavy atom. The van der Waals surface area contributed by atoms with Crippen LogP contribution in [0.25, 0.3) is 5.57 Å². The largest absolute Gasteiger partial charge is 0.300 e. The van der Waals surface area contributed by atoms with Gasteiger partial charge in [0.2, 0.25) is 0 Å². The molecule has 0 aromatic heterocycles. The predicted octanol–water partition coefficient (Wildman–Crippen LogP) is 5.05. The fourth-order valence-corrected chi connectivity index (χ4v) is 5.96. The molecule has 0 fully saturated rings. The van der Waals surface area contributed by atoms with E-state index in [2.05, 4.69) is 80.7 Å². The first-order valence-corrected chi connectivity index (χ1v) is 11.3. The Morgan fingerprint density at radius 2 is 1.48 bits per heavy atom. The Hall–Kier alpha value is -1.93. The van der Waals surface area contributed by atoms with E-state index in [0.717, 1.165) is 0 Å². The highest BCUT2D eigenvalue weighted by Gasteiger charge is 2.33. The highest BCUT2D eigenvalue weighted by molar-refractivity contribution is 6.91. The van der Waals surface area contributed by atoms with Crippen molar-refractivity contribution in [2.24, 2.45) is 0 Å². The van der Waals surface area contributed by atoms with Gasteiger partial charge in [-0.05, 0) is 30.5 Å². The smallest absolute Gasteiger partial charge is 0.130 e. The Balaban J connectivity index is 2.39. The molecule has 0 radical (unpaired) electrons. The molecule has 2 heteroatoms. The van der Waals surface area contributed by atoms with Crippen LogP contribution in [0.3, 0.4) is 0 Å². The minimum absolute atomic E-state index is 0.267. The predicted molar refractivity (Wildman–Crippen MR) is 103 cm³/mol. The average molecular weight is 323 g/mol. The molecule has 0 spiro atoms. The van der Waals surface area contributed by atoms with Gasteiger partial charge in [0.15, 0.2) is 0 Å². The summed E-state index contributed by atoms with van der Waals surface area (Å²) in [4.78, 5) is 11.8. The molecule has 0 bridgehead atoms. The van der Waals surface area contributed by atoms with Gasteiger partial charge in [-0.3, -0.25) is 0 Å². The molecule has 0 saturated carbocycles. The summed E-state index contributed by atoms with van der Waals surface area (Å²) in [5, 5.41) is 1.41. The van der Waals surface area contributed by atoms with Crippen LogP contribution in [0.1, 0.15) is 25.8 Å². The van der Waals surface area contributed by atoms with E-state index >= 15 is 0 Å². The molecule has 0 amide bonds. The minimum atomic E-state index is -1.76. The number of carbonyl (C=O) groups excluding carboxylic acids is 1. The molecule has 23 heavy (non-hydrogen) atoms. The number of Topliss-reactive ketones (excluding diaryl/α,β-unsaturated/α-hetero) is 1. The molecule has 1 nitrogen and oxygen atoms in total. The highest BCUT2D eigenvalue weighted by atomic mass is 28.3. The van der Waals surface area contributed by atoms with Crippen molar-refractivity contribution >= 4 is 24.6 Å². The fourth-order valence-electron chi connectivity index (χ4n) is 3.01. The topological polar surface area (TPSA) is 17.1 Å². The zero-order valence-electron chi connectivity index (χ0n) is 14.5. The van der Waals surface area contributed by atoms with Crippen molar-refractivity contribution < 1.29 is 4.79 Å². The third-order valence-corrected chi connectivity index (χ3v) is 8.68. The minimum Gasteiger partial charge on any atom is -0.300 e. The van der Waals surface area contributed by atoms with E-state index in [1.807, 2.05) is 6.07 Å². The SMILES string of the molecule is CC(=O)C[C@H](/C=C(\C)c1ccccc1)[Si](C)(C)c1ccccc1. The van der Waals surface area contributed by atoms with Crippen molar-refractivity contribution in [2.45, 2.75) is 38.9 Å². The number of ketones is 1. The maximum Gasteiger partial charge on any atom is 0.130 e. The monoisotopic (exact) mass is 322 g/mol. The van der Waals surface area contributed by atoms with Gasteiger partial charge < -0.3 is 4.79 Å². The summed E-state index contributed by atoms with van der Waals surface area (Å²) < 4.78 is 0. The van der Waals surface area contributed by atoms with Crippen LogP contribution in [0.4, 0.5) is 0 Å². The number of rotatable bonds is 6. The van der Waals surface area contributed by atoms with Gasteiger partial charge in [-0.2, -0.15) is 0 Å². The fraction of sp³-hybridized carbons (Fsp3) is 0.286. The van der Waals surface area contributed by atoms with Crippen molar-refractivity contribution in [2.75, 3.05) is 0 Å². The maximum absolute atomic E-state index is 11.8. The molecule has 0 saturated heterocycles. The quantitative estimate of drug-likeness (QED) is 0.680. The van der Waals surface area contributed by atoms with E-state index in [0.29, 0.717) is 12.0 Å². The van der Waals surface area contributed by atoms with Crippen LogP contribution in [-0.4, -0.2) is 13.9 Å². The van der Waals surface area contributed by atoms with E-state index in [-0.39, 0.29) is 5.78 Å². The van der Waals surface area contributed by atoms with Crippen molar-refractivity contribution in [3.8, 4) is 0 Å². The Morgan fingerprint density at radius 3 is 2.00 bits per heavy atom. The first kappa shape index (κ1) is 17.4. The van der Waals surface area contributed by atoms with Gasteiger partial charge in [0, 0.05) is 6.42 Å². The molecule has 0 unspecified atom stereocenters. The van der Waals surface area contributed by atoms with Crippen LogP contribution in [0.15, 0.2) is 66.7 Å². The lowest BCUT2D eigenvalue weighted by Crippen LogP contribution is -2.46. The number of benzene rings is 2. The zero-order valence-corrected chi connectivity index (χ0v) is 15.5. The third-order valence-electron chi connectivity index (χ3n) is 4.63. The van der Waals surface area contributed by atoms with Crippen LogP contribution >= 0.6 is 0 Å². The summed E-state index contributed by atoms with van der Waals surface area (Å²) in [6, 6.07) is 21.1. The highest BCUT2D eigenvalue weighted by Crippen LogP contribution is 2.31. The summed E-state index contributed by atoms with van der Waals surface area (Å²) >= 11 is 0. The number of allylic oxidation sites excluding steroid dienone is 2. The lowest BCUT2D eigenvalue weighted by Gasteiger charge is -2.31. The number of hydrogen-bond donors (Lipinski definition) is 0. The molecular formula is C21H26OSi. The number of hydrogen-bond acceptors (Lipinski definition) is 1. The Labute approximate surface area is 141 Å². The number of carbonyl (C=O) groups is 1. The molecule has 0 heterocycles. The van der Waals surface area contributed by atoms with Crippen LogP contribution in [-0.2, 0) is 4.79 Å².